The van der Waals surface area contributed by atoms with E-state index in [1.807, 2.05) is 56.3 Å². The molecule has 42 heavy (non-hydrogen) atoms. The Bertz CT molecular complexity index is 1840. The van der Waals surface area contributed by atoms with Crippen LogP contribution in [0.2, 0.25) is 0 Å². The van der Waals surface area contributed by atoms with Gasteiger partial charge in [-0.25, -0.2) is 14.2 Å². The van der Waals surface area contributed by atoms with Crippen LogP contribution in [-0.2, 0) is 16.1 Å². The fraction of sp³-hybridized carbons (Fsp3) is 0.242. The van der Waals surface area contributed by atoms with Gasteiger partial charge in [-0.1, -0.05) is 65.9 Å². The zero-order valence-corrected chi connectivity index (χ0v) is 24.6. The molecule has 0 fully saturated rings. The highest BCUT2D eigenvalue weighted by Gasteiger charge is 2.35. The summed E-state index contributed by atoms with van der Waals surface area (Å²) < 4.78 is 33.6. The summed E-state index contributed by atoms with van der Waals surface area (Å²) in [6.07, 6.45) is 1.61. The number of nitrogens with zero attached hydrogens (tertiary/aromatic N) is 2. The number of aromatic nitrogens is 1. The van der Waals surface area contributed by atoms with Crippen LogP contribution < -0.4 is 24.4 Å². The quantitative estimate of drug-likeness (QED) is 0.249. The first-order valence-electron chi connectivity index (χ1n) is 13.7. The zero-order valence-electron chi connectivity index (χ0n) is 23.8. The van der Waals surface area contributed by atoms with E-state index in [9.17, 15) is 14.0 Å². The topological polar surface area (TPSA) is 79.1 Å². The van der Waals surface area contributed by atoms with Crippen LogP contribution in [0.4, 0.5) is 4.39 Å². The lowest BCUT2D eigenvalue weighted by atomic mass is 9.95. The third-order valence-corrected chi connectivity index (χ3v) is 7.62. The largest absolute Gasteiger partial charge is 0.491 e. The average molecular weight is 587 g/mol. The lowest BCUT2D eigenvalue weighted by Crippen LogP contribution is -2.40. The van der Waals surface area contributed by atoms with Crippen molar-refractivity contribution in [3.63, 3.8) is 0 Å². The van der Waals surface area contributed by atoms with Crippen molar-refractivity contribution in [1.82, 2.24) is 4.57 Å². The molecule has 0 aliphatic carbocycles. The molecule has 2 heterocycles. The van der Waals surface area contributed by atoms with E-state index in [0.29, 0.717) is 43.2 Å². The van der Waals surface area contributed by atoms with Crippen LogP contribution in [0.3, 0.4) is 0 Å². The molecule has 1 atom stereocenters. The average Bonchev–Trinajstić information content (AvgIpc) is 3.26. The van der Waals surface area contributed by atoms with Crippen LogP contribution in [-0.4, -0.2) is 23.2 Å². The summed E-state index contributed by atoms with van der Waals surface area (Å²) in [5.74, 6) is 0.180. The lowest BCUT2D eigenvalue weighted by Gasteiger charge is -2.26. The first-order valence-corrected chi connectivity index (χ1v) is 14.5. The van der Waals surface area contributed by atoms with E-state index >= 15 is 0 Å². The highest BCUT2D eigenvalue weighted by molar-refractivity contribution is 7.07. The Balaban J connectivity index is 1.63. The van der Waals surface area contributed by atoms with Gasteiger partial charge in [0.1, 0.15) is 30.0 Å². The summed E-state index contributed by atoms with van der Waals surface area (Å²) in [4.78, 5) is 32.4. The van der Waals surface area contributed by atoms with Gasteiger partial charge >= 0.3 is 5.97 Å². The highest BCUT2D eigenvalue weighted by atomic mass is 32.1. The Kier molecular flexibility index (Phi) is 8.68. The van der Waals surface area contributed by atoms with Crippen molar-refractivity contribution in [3.8, 4) is 11.5 Å². The molecule has 0 unspecified atom stereocenters. The number of hydrogen-bond donors (Lipinski definition) is 0. The van der Waals surface area contributed by atoms with Gasteiger partial charge in [-0.3, -0.25) is 9.36 Å². The van der Waals surface area contributed by atoms with E-state index in [2.05, 4.69) is 4.99 Å². The number of carbonyl (C=O) groups excluding carboxylic acids is 1. The number of esters is 1. The van der Waals surface area contributed by atoms with Crippen molar-refractivity contribution in [2.45, 2.75) is 46.4 Å². The van der Waals surface area contributed by atoms with E-state index in [1.165, 1.54) is 22.0 Å². The normalized spacial score (nSPS) is 14.9. The number of hydrogen-bond acceptors (Lipinski definition) is 7. The number of rotatable bonds is 9. The maximum Gasteiger partial charge on any atom is 0.338 e. The minimum atomic E-state index is -0.801. The van der Waals surface area contributed by atoms with Crippen LogP contribution in [0.15, 0.2) is 93.9 Å². The van der Waals surface area contributed by atoms with Crippen LogP contribution in [0.25, 0.3) is 6.08 Å². The fourth-order valence-electron chi connectivity index (χ4n) is 4.80. The molecule has 4 aromatic rings. The van der Waals surface area contributed by atoms with Gasteiger partial charge in [0.15, 0.2) is 4.80 Å². The summed E-state index contributed by atoms with van der Waals surface area (Å²) in [7, 11) is 0. The summed E-state index contributed by atoms with van der Waals surface area (Å²) in [5, 5.41) is 0. The summed E-state index contributed by atoms with van der Waals surface area (Å²) >= 11 is 1.22. The Morgan fingerprint density at radius 2 is 1.74 bits per heavy atom. The summed E-state index contributed by atoms with van der Waals surface area (Å²) in [6, 6.07) is 20.3. The second kappa shape index (κ2) is 12.6. The molecule has 0 bridgehead atoms. The van der Waals surface area contributed by atoms with Gasteiger partial charge in [0.25, 0.3) is 5.56 Å². The van der Waals surface area contributed by atoms with E-state index in [0.717, 1.165) is 0 Å². The number of ether oxygens (including phenoxy) is 3. The molecule has 0 saturated carbocycles. The van der Waals surface area contributed by atoms with Crippen molar-refractivity contribution in [2.24, 2.45) is 4.99 Å². The zero-order chi connectivity index (χ0) is 29.8. The van der Waals surface area contributed by atoms with E-state index in [4.69, 9.17) is 14.2 Å². The van der Waals surface area contributed by atoms with Gasteiger partial charge in [0, 0.05) is 16.7 Å². The van der Waals surface area contributed by atoms with E-state index in [-0.39, 0.29) is 36.3 Å². The molecule has 0 radical (unpaired) electrons. The van der Waals surface area contributed by atoms with E-state index in [1.54, 1.807) is 44.2 Å². The molecule has 216 valence electrons. The Morgan fingerprint density at radius 1 is 1.05 bits per heavy atom. The third kappa shape index (κ3) is 5.92. The summed E-state index contributed by atoms with van der Waals surface area (Å²) in [5.41, 5.74) is 2.17. The predicted molar refractivity (Wildman–Crippen MR) is 160 cm³/mol. The van der Waals surface area contributed by atoms with Crippen molar-refractivity contribution in [3.05, 3.63) is 126 Å². The Labute approximate surface area is 246 Å². The predicted octanol–water partition coefficient (Wildman–Crippen LogP) is 5.30. The molecule has 9 heteroatoms. The highest BCUT2D eigenvalue weighted by Crippen LogP contribution is 2.36. The lowest BCUT2D eigenvalue weighted by molar-refractivity contribution is -0.139. The van der Waals surface area contributed by atoms with Gasteiger partial charge in [-0.05, 0) is 52.0 Å². The monoisotopic (exact) mass is 586 g/mol. The second-order valence-corrected chi connectivity index (χ2v) is 10.9. The van der Waals surface area contributed by atoms with Crippen molar-refractivity contribution >= 4 is 23.4 Å². The Hall–Kier alpha value is -4.50. The molecule has 3 aromatic carbocycles. The van der Waals surface area contributed by atoms with Gasteiger partial charge in [-0.15, -0.1) is 0 Å². The number of thiazole rings is 1. The number of allylic oxidation sites excluding steroid dienone is 1. The second-order valence-electron chi connectivity index (χ2n) is 9.92. The molecular weight excluding hydrogens is 555 g/mol. The standard InChI is InChI=1S/C33H31FN2O5S/c1-5-39-32(38)29-21(4)35-33-36(30(29)24-14-8-11-17-27(24)41-20(2)3)31(37)28(42-33)18-22-12-7-10-16-26(22)40-19-23-13-6-9-15-25(23)34/h6-18,20,30H,5,19H2,1-4H3/b28-18+/t30-/m0/s1. The molecule has 1 aliphatic heterocycles. The van der Waals surface area contributed by atoms with Gasteiger partial charge in [0.05, 0.1) is 28.5 Å². The number of benzene rings is 3. The molecule has 0 amide bonds. The van der Waals surface area contributed by atoms with Crippen molar-refractivity contribution in [1.29, 1.82) is 0 Å². The Morgan fingerprint density at radius 3 is 2.48 bits per heavy atom. The number of fused-ring (bicyclic) bond motifs is 1. The van der Waals surface area contributed by atoms with Gasteiger partial charge in [0.2, 0.25) is 0 Å². The smallest absolute Gasteiger partial charge is 0.338 e. The molecule has 7 nitrogen and oxygen atoms in total. The van der Waals surface area contributed by atoms with Crippen LogP contribution in [0.1, 0.15) is 50.4 Å². The SMILES string of the molecule is CCOC(=O)C1=C(C)N=c2s/c(=C/c3ccccc3OCc3ccccc3F)c(=O)n2[C@H]1c1ccccc1OC(C)C. The fourth-order valence-corrected chi connectivity index (χ4v) is 5.83. The molecule has 1 aliphatic rings. The number of halogens is 1. The number of carbonyl (C=O) groups is 1. The first kappa shape index (κ1) is 29.0. The maximum absolute atomic E-state index is 14.2. The molecule has 5 rings (SSSR count). The number of para-hydroxylation sites is 2. The van der Waals surface area contributed by atoms with Crippen LogP contribution in [0, 0.1) is 5.82 Å². The third-order valence-electron chi connectivity index (χ3n) is 6.64. The van der Waals surface area contributed by atoms with Crippen molar-refractivity contribution in [2.75, 3.05) is 6.61 Å². The van der Waals surface area contributed by atoms with Gasteiger partial charge in [-0.2, -0.15) is 0 Å². The molecule has 1 aromatic heterocycles. The van der Waals surface area contributed by atoms with E-state index < -0.39 is 12.0 Å². The molecular formula is C33H31FN2O5S. The minimum absolute atomic E-state index is 0.0352. The maximum atomic E-state index is 14.2. The van der Waals surface area contributed by atoms with Crippen LogP contribution in [0.5, 0.6) is 11.5 Å². The first-order chi connectivity index (χ1) is 20.3. The van der Waals surface area contributed by atoms with Gasteiger partial charge < -0.3 is 14.2 Å². The molecule has 0 N–H and O–H groups in total. The molecule has 0 saturated heterocycles. The van der Waals surface area contributed by atoms with Crippen molar-refractivity contribution < 1.29 is 23.4 Å². The summed E-state index contributed by atoms with van der Waals surface area (Å²) in [6.45, 7) is 7.53. The van der Waals surface area contributed by atoms with Crippen LogP contribution >= 0.6 is 11.3 Å². The minimum Gasteiger partial charge on any atom is -0.491 e. The molecule has 0 spiro atoms.